The molecule has 8 nitrogen and oxygen atoms in total. The van der Waals surface area contributed by atoms with E-state index >= 15 is 0 Å². The van der Waals surface area contributed by atoms with Gasteiger partial charge in [0.05, 0.1) is 6.54 Å². The largest absolute Gasteiger partial charge is 0.492 e. The summed E-state index contributed by atoms with van der Waals surface area (Å²) in [5, 5.41) is 15.6. The topological polar surface area (TPSA) is 82.8 Å². The van der Waals surface area contributed by atoms with E-state index in [4.69, 9.17) is 14.2 Å². The molecule has 0 unspecified atom stereocenters. The first-order valence-corrected chi connectivity index (χ1v) is 7.25. The fourth-order valence-corrected chi connectivity index (χ4v) is 2.31. The minimum atomic E-state index is 0.261. The molecule has 4 rings (SSSR count). The second-order valence-corrected chi connectivity index (χ2v) is 5.03. The van der Waals surface area contributed by atoms with Crippen LogP contribution >= 0.6 is 0 Å². The van der Waals surface area contributed by atoms with Gasteiger partial charge in [0, 0.05) is 6.07 Å². The summed E-state index contributed by atoms with van der Waals surface area (Å²) in [7, 11) is 0. The lowest BCUT2D eigenvalue weighted by Gasteiger charge is -2.08. The molecule has 2 aromatic heterocycles. The Hall–Kier alpha value is -3.03. The van der Waals surface area contributed by atoms with Gasteiger partial charge in [-0.05, 0) is 31.2 Å². The number of aromatic nitrogens is 4. The number of anilines is 1. The third-order valence-electron chi connectivity index (χ3n) is 3.44. The summed E-state index contributed by atoms with van der Waals surface area (Å²) in [4.78, 5) is 0. The number of aryl methyl sites for hydroxylation is 1. The van der Waals surface area contributed by atoms with Gasteiger partial charge in [0.1, 0.15) is 18.2 Å². The number of hydrogen-bond donors (Lipinski definition) is 1. The van der Waals surface area contributed by atoms with Crippen molar-refractivity contribution in [2.24, 2.45) is 0 Å². The highest BCUT2D eigenvalue weighted by Gasteiger charge is 2.13. The Labute approximate surface area is 132 Å². The van der Waals surface area contributed by atoms with Crippen LogP contribution in [-0.2, 0) is 0 Å². The van der Waals surface area contributed by atoms with E-state index in [2.05, 4.69) is 20.6 Å². The predicted octanol–water partition coefficient (Wildman–Crippen LogP) is 1.65. The van der Waals surface area contributed by atoms with Crippen molar-refractivity contribution in [1.82, 2.24) is 19.8 Å². The fraction of sp³-hybridized carbons (Fsp3) is 0.267. The van der Waals surface area contributed by atoms with E-state index in [1.54, 1.807) is 4.52 Å². The summed E-state index contributed by atoms with van der Waals surface area (Å²) in [6.07, 6.45) is 0. The molecule has 1 aromatic carbocycles. The quantitative estimate of drug-likeness (QED) is 0.717. The van der Waals surface area contributed by atoms with Crippen molar-refractivity contribution >= 4 is 11.5 Å². The molecule has 1 aliphatic rings. The van der Waals surface area contributed by atoms with E-state index in [1.165, 1.54) is 0 Å². The van der Waals surface area contributed by atoms with Crippen LogP contribution in [0.3, 0.4) is 0 Å². The molecule has 0 aliphatic carbocycles. The molecule has 0 bridgehead atoms. The number of rotatable bonds is 5. The maximum atomic E-state index is 5.69. The molecule has 0 radical (unpaired) electrons. The summed E-state index contributed by atoms with van der Waals surface area (Å²) in [5.41, 5.74) is 0.727. The predicted molar refractivity (Wildman–Crippen MR) is 82.1 cm³/mol. The van der Waals surface area contributed by atoms with Crippen LogP contribution in [-0.4, -0.2) is 39.8 Å². The van der Waals surface area contributed by atoms with E-state index in [9.17, 15) is 0 Å². The molecular formula is C15H15N5O3. The Kier molecular flexibility index (Phi) is 3.34. The molecule has 8 heteroatoms. The number of nitrogens with zero attached hydrogens (tertiary/aromatic N) is 4. The Morgan fingerprint density at radius 1 is 1.17 bits per heavy atom. The van der Waals surface area contributed by atoms with Crippen molar-refractivity contribution in [3.8, 4) is 17.2 Å². The van der Waals surface area contributed by atoms with Crippen LogP contribution in [0.2, 0.25) is 0 Å². The van der Waals surface area contributed by atoms with E-state index < -0.39 is 0 Å². The molecule has 23 heavy (non-hydrogen) atoms. The molecular weight excluding hydrogens is 298 g/mol. The lowest BCUT2D eigenvalue weighted by molar-refractivity contribution is 0.174. The Balaban J connectivity index is 1.33. The number of nitrogens with one attached hydrogen (secondary N) is 1. The Morgan fingerprint density at radius 3 is 3.04 bits per heavy atom. The van der Waals surface area contributed by atoms with E-state index in [-0.39, 0.29) is 6.79 Å². The second-order valence-electron chi connectivity index (χ2n) is 5.03. The van der Waals surface area contributed by atoms with Crippen LogP contribution in [0.25, 0.3) is 5.65 Å². The monoisotopic (exact) mass is 313 g/mol. The summed E-state index contributed by atoms with van der Waals surface area (Å²) >= 11 is 0. The van der Waals surface area contributed by atoms with Gasteiger partial charge in [-0.1, -0.05) is 0 Å². The molecule has 0 saturated heterocycles. The van der Waals surface area contributed by atoms with Crippen molar-refractivity contribution in [3.05, 3.63) is 36.2 Å². The third kappa shape index (κ3) is 2.70. The highest BCUT2D eigenvalue weighted by molar-refractivity contribution is 5.47. The molecule has 0 atom stereocenters. The first-order chi connectivity index (χ1) is 11.3. The maximum Gasteiger partial charge on any atom is 0.231 e. The van der Waals surface area contributed by atoms with Crippen molar-refractivity contribution in [3.63, 3.8) is 0 Å². The van der Waals surface area contributed by atoms with Crippen LogP contribution in [0.1, 0.15) is 5.82 Å². The lowest BCUT2D eigenvalue weighted by atomic mass is 10.3. The van der Waals surface area contributed by atoms with Crippen LogP contribution in [0.4, 0.5) is 5.82 Å². The van der Waals surface area contributed by atoms with Gasteiger partial charge in [-0.25, -0.2) is 0 Å². The third-order valence-corrected chi connectivity index (χ3v) is 3.44. The SMILES string of the molecule is Cc1nnc2ccc(NCCOc3ccc4c(c3)OCO4)nn12. The van der Waals surface area contributed by atoms with E-state index in [1.807, 2.05) is 37.3 Å². The minimum Gasteiger partial charge on any atom is -0.492 e. The fourth-order valence-electron chi connectivity index (χ4n) is 2.31. The summed E-state index contributed by atoms with van der Waals surface area (Å²) in [6, 6.07) is 9.26. The molecule has 0 spiro atoms. The van der Waals surface area contributed by atoms with E-state index in [0.717, 1.165) is 28.8 Å². The first-order valence-electron chi connectivity index (χ1n) is 7.25. The van der Waals surface area contributed by atoms with Gasteiger partial charge in [-0.3, -0.25) is 0 Å². The molecule has 118 valence electrons. The highest BCUT2D eigenvalue weighted by atomic mass is 16.7. The second kappa shape index (κ2) is 5.64. The van der Waals surface area contributed by atoms with Crippen molar-refractivity contribution in [2.45, 2.75) is 6.92 Å². The maximum absolute atomic E-state index is 5.69. The molecule has 0 amide bonds. The molecule has 1 N–H and O–H groups in total. The lowest BCUT2D eigenvalue weighted by Crippen LogP contribution is -2.13. The van der Waals surface area contributed by atoms with Crippen LogP contribution < -0.4 is 19.5 Å². The Morgan fingerprint density at radius 2 is 2.09 bits per heavy atom. The number of benzene rings is 1. The average molecular weight is 313 g/mol. The van der Waals surface area contributed by atoms with Crippen molar-refractivity contribution in [2.75, 3.05) is 25.3 Å². The van der Waals surface area contributed by atoms with Crippen LogP contribution in [0, 0.1) is 6.92 Å². The molecule has 3 aromatic rings. The zero-order valence-electron chi connectivity index (χ0n) is 12.5. The van der Waals surface area contributed by atoms with Crippen molar-refractivity contribution in [1.29, 1.82) is 0 Å². The van der Waals surface area contributed by atoms with Gasteiger partial charge in [-0.15, -0.1) is 15.3 Å². The van der Waals surface area contributed by atoms with Crippen LogP contribution in [0.15, 0.2) is 30.3 Å². The Bertz CT molecular complexity index is 848. The normalized spacial score (nSPS) is 12.6. The minimum absolute atomic E-state index is 0.261. The smallest absolute Gasteiger partial charge is 0.231 e. The van der Waals surface area contributed by atoms with Crippen LogP contribution in [0.5, 0.6) is 17.2 Å². The summed E-state index contributed by atoms with van der Waals surface area (Å²) in [6.45, 7) is 3.24. The van der Waals surface area contributed by atoms with Gasteiger partial charge in [0.2, 0.25) is 6.79 Å². The highest BCUT2D eigenvalue weighted by Crippen LogP contribution is 2.34. The molecule has 1 aliphatic heterocycles. The average Bonchev–Trinajstić information content (AvgIpc) is 3.18. The van der Waals surface area contributed by atoms with Gasteiger partial charge < -0.3 is 19.5 Å². The first kappa shape index (κ1) is 13.6. The zero-order chi connectivity index (χ0) is 15.6. The van der Waals surface area contributed by atoms with Gasteiger partial charge in [-0.2, -0.15) is 4.52 Å². The number of ether oxygens (including phenoxy) is 3. The van der Waals surface area contributed by atoms with E-state index in [0.29, 0.717) is 18.9 Å². The summed E-state index contributed by atoms with van der Waals surface area (Å²) in [5.74, 6) is 3.70. The molecule has 3 heterocycles. The molecule has 0 saturated carbocycles. The van der Waals surface area contributed by atoms with Gasteiger partial charge in [0.25, 0.3) is 0 Å². The zero-order valence-corrected chi connectivity index (χ0v) is 12.5. The standard InChI is InChI=1S/C15H15N5O3/c1-10-17-18-15-5-4-14(19-20(10)15)16-6-7-21-11-2-3-12-13(8-11)23-9-22-12/h2-5,8H,6-7,9H2,1H3,(H,16,19). The van der Waals surface area contributed by atoms with Crippen molar-refractivity contribution < 1.29 is 14.2 Å². The van der Waals surface area contributed by atoms with Gasteiger partial charge >= 0.3 is 0 Å². The number of hydrogen-bond acceptors (Lipinski definition) is 7. The molecule has 0 fully saturated rings. The number of fused-ring (bicyclic) bond motifs is 2. The van der Waals surface area contributed by atoms with Gasteiger partial charge in [0.15, 0.2) is 23.0 Å². The summed E-state index contributed by atoms with van der Waals surface area (Å²) < 4.78 is 18.0.